The van der Waals surface area contributed by atoms with E-state index in [1.807, 2.05) is 24.3 Å². The van der Waals surface area contributed by atoms with E-state index in [-0.39, 0.29) is 12.1 Å². The quantitative estimate of drug-likeness (QED) is 0.541. The summed E-state index contributed by atoms with van der Waals surface area (Å²) in [6.45, 7) is 8.57. The van der Waals surface area contributed by atoms with Gasteiger partial charge in [-0.25, -0.2) is 9.59 Å². The summed E-state index contributed by atoms with van der Waals surface area (Å²) >= 11 is 0. The fourth-order valence-corrected chi connectivity index (χ4v) is 2.48. The van der Waals surface area contributed by atoms with E-state index < -0.39 is 12.2 Å². The molecule has 0 radical (unpaired) electrons. The predicted octanol–water partition coefficient (Wildman–Crippen LogP) is 2.70. The lowest BCUT2D eigenvalue weighted by molar-refractivity contribution is 0.146. The molecule has 7 heteroatoms. The van der Waals surface area contributed by atoms with Crippen molar-refractivity contribution in [2.45, 2.75) is 52.8 Å². The number of ether oxygens (including phenoxy) is 1. The van der Waals surface area contributed by atoms with E-state index in [2.05, 4.69) is 29.8 Å². The van der Waals surface area contributed by atoms with Crippen LogP contribution >= 0.6 is 0 Å². The minimum atomic E-state index is -0.509. The highest BCUT2D eigenvalue weighted by Gasteiger charge is 2.15. The number of hydrogen-bond acceptors (Lipinski definition) is 4. The first-order chi connectivity index (χ1) is 12.3. The van der Waals surface area contributed by atoms with Crippen molar-refractivity contribution in [2.24, 2.45) is 5.92 Å². The molecule has 1 aromatic carbocycles. The average molecular weight is 365 g/mol. The monoisotopic (exact) mass is 365 g/mol. The Hall–Kier alpha value is -2.28. The van der Waals surface area contributed by atoms with Gasteiger partial charge in [-0.1, -0.05) is 38.1 Å². The number of urea groups is 1. The van der Waals surface area contributed by atoms with Crippen molar-refractivity contribution in [3.8, 4) is 0 Å². The lowest BCUT2D eigenvalue weighted by atomic mass is 10.0. The van der Waals surface area contributed by atoms with Crippen LogP contribution in [-0.4, -0.2) is 36.4 Å². The third kappa shape index (κ3) is 8.71. The first-order valence-electron chi connectivity index (χ1n) is 9.03. The van der Waals surface area contributed by atoms with Gasteiger partial charge in [0.05, 0.1) is 12.7 Å². The smallest absolute Gasteiger partial charge is 0.407 e. The van der Waals surface area contributed by atoms with Gasteiger partial charge in [0.1, 0.15) is 0 Å². The number of carbonyl (C=O) groups excluding carboxylic acids is 2. The topological polar surface area (TPSA) is 99.7 Å². The normalized spacial score (nSPS) is 13.0. The lowest BCUT2D eigenvalue weighted by Gasteiger charge is -2.21. The molecule has 0 heterocycles. The number of hydrogen-bond donors (Lipinski definition) is 4. The van der Waals surface area contributed by atoms with Gasteiger partial charge >= 0.3 is 12.1 Å². The van der Waals surface area contributed by atoms with Gasteiger partial charge in [0.2, 0.25) is 0 Å². The summed E-state index contributed by atoms with van der Waals surface area (Å²) < 4.78 is 4.90. The molecule has 1 aromatic rings. The van der Waals surface area contributed by atoms with Crippen LogP contribution in [0, 0.1) is 5.92 Å². The summed E-state index contributed by atoms with van der Waals surface area (Å²) in [6, 6.07) is 6.91. The zero-order valence-corrected chi connectivity index (χ0v) is 16.0. The molecule has 0 unspecified atom stereocenters. The first kappa shape index (κ1) is 21.8. The highest BCUT2D eigenvalue weighted by molar-refractivity contribution is 5.74. The Morgan fingerprint density at radius 2 is 1.77 bits per heavy atom. The number of benzene rings is 1. The van der Waals surface area contributed by atoms with Crippen LogP contribution in [0.25, 0.3) is 0 Å². The molecule has 0 aliphatic carbocycles. The lowest BCUT2D eigenvalue weighted by Crippen LogP contribution is -2.47. The van der Waals surface area contributed by atoms with Crippen LogP contribution < -0.4 is 16.0 Å². The van der Waals surface area contributed by atoms with Gasteiger partial charge in [-0.05, 0) is 37.3 Å². The van der Waals surface area contributed by atoms with Gasteiger partial charge in [-0.2, -0.15) is 0 Å². The predicted molar refractivity (Wildman–Crippen MR) is 101 cm³/mol. The maximum atomic E-state index is 12.0. The van der Waals surface area contributed by atoms with Crippen molar-refractivity contribution < 1.29 is 19.4 Å². The molecular formula is C19H31N3O4. The maximum Gasteiger partial charge on any atom is 0.407 e. The van der Waals surface area contributed by atoms with Crippen LogP contribution in [0.5, 0.6) is 0 Å². The summed E-state index contributed by atoms with van der Waals surface area (Å²) in [5.41, 5.74) is 1.77. The zero-order chi connectivity index (χ0) is 19.5. The van der Waals surface area contributed by atoms with E-state index in [4.69, 9.17) is 4.74 Å². The number of aliphatic hydroxyl groups is 1. The van der Waals surface area contributed by atoms with Crippen molar-refractivity contribution in [2.75, 3.05) is 13.2 Å². The standard InChI is InChI=1S/C19H31N3O4/c1-5-26-19(25)22-17(10-13(2)3)12-21-18(24)20-11-15-6-8-16(9-7-15)14(4)23/h6-9,13-14,17,23H,5,10-12H2,1-4H3,(H,22,25)(H2,20,21,24)/t14-,17+/m1/s1. The first-order valence-corrected chi connectivity index (χ1v) is 9.03. The molecule has 4 N–H and O–H groups in total. The number of rotatable bonds is 9. The summed E-state index contributed by atoms with van der Waals surface area (Å²) in [6.07, 6.45) is -0.247. The van der Waals surface area contributed by atoms with Crippen molar-refractivity contribution in [1.29, 1.82) is 0 Å². The van der Waals surface area contributed by atoms with Crippen LogP contribution in [0.4, 0.5) is 9.59 Å². The minimum Gasteiger partial charge on any atom is -0.450 e. The third-order valence-electron chi connectivity index (χ3n) is 3.78. The number of aliphatic hydroxyl groups excluding tert-OH is 1. The van der Waals surface area contributed by atoms with Crippen molar-refractivity contribution in [3.63, 3.8) is 0 Å². The Kier molecular flexibility index (Phi) is 9.51. The zero-order valence-electron chi connectivity index (χ0n) is 16.0. The Morgan fingerprint density at radius 1 is 1.12 bits per heavy atom. The molecule has 0 spiro atoms. The van der Waals surface area contributed by atoms with Crippen molar-refractivity contribution in [1.82, 2.24) is 16.0 Å². The minimum absolute atomic E-state index is 0.190. The van der Waals surface area contributed by atoms with Crippen molar-refractivity contribution in [3.05, 3.63) is 35.4 Å². The van der Waals surface area contributed by atoms with Gasteiger partial charge in [0.15, 0.2) is 0 Å². The van der Waals surface area contributed by atoms with Gasteiger partial charge in [-0.3, -0.25) is 0 Å². The van der Waals surface area contributed by atoms with Crippen LogP contribution in [0.2, 0.25) is 0 Å². The second kappa shape index (κ2) is 11.4. The largest absolute Gasteiger partial charge is 0.450 e. The van der Waals surface area contributed by atoms with E-state index in [0.717, 1.165) is 17.5 Å². The Balaban J connectivity index is 2.42. The van der Waals surface area contributed by atoms with Crippen LogP contribution in [0.3, 0.4) is 0 Å². The molecule has 0 saturated heterocycles. The second-order valence-electron chi connectivity index (χ2n) is 6.67. The number of carbonyl (C=O) groups is 2. The molecule has 0 aliphatic rings. The molecule has 26 heavy (non-hydrogen) atoms. The molecule has 0 saturated carbocycles. The molecule has 0 aromatic heterocycles. The fourth-order valence-electron chi connectivity index (χ4n) is 2.48. The van der Waals surface area contributed by atoms with Gasteiger partial charge in [-0.15, -0.1) is 0 Å². The molecule has 0 bridgehead atoms. The summed E-state index contributed by atoms with van der Waals surface area (Å²) in [4.78, 5) is 23.6. The third-order valence-corrected chi connectivity index (χ3v) is 3.78. The maximum absolute atomic E-state index is 12.0. The van der Waals surface area contributed by atoms with Gasteiger partial charge in [0.25, 0.3) is 0 Å². The van der Waals surface area contributed by atoms with Crippen LogP contribution in [0.1, 0.15) is 51.3 Å². The highest BCUT2D eigenvalue weighted by atomic mass is 16.5. The van der Waals surface area contributed by atoms with E-state index in [1.54, 1.807) is 13.8 Å². The fraction of sp³-hybridized carbons (Fsp3) is 0.579. The summed E-state index contributed by atoms with van der Waals surface area (Å²) in [5, 5.41) is 17.8. The molecule has 3 amide bonds. The number of amides is 3. The van der Waals surface area contributed by atoms with Gasteiger partial charge in [0, 0.05) is 19.1 Å². The summed E-state index contributed by atoms with van der Waals surface area (Å²) in [5.74, 6) is 0.374. The van der Waals surface area contributed by atoms with Crippen LogP contribution in [0.15, 0.2) is 24.3 Å². The molecule has 2 atom stereocenters. The molecule has 0 aliphatic heterocycles. The molecule has 7 nitrogen and oxygen atoms in total. The Labute approximate surface area is 155 Å². The van der Waals surface area contributed by atoms with E-state index in [0.29, 0.717) is 25.6 Å². The Morgan fingerprint density at radius 3 is 2.31 bits per heavy atom. The molecular weight excluding hydrogens is 334 g/mol. The van der Waals surface area contributed by atoms with Crippen molar-refractivity contribution >= 4 is 12.1 Å². The number of nitrogens with one attached hydrogen (secondary N) is 3. The SMILES string of the molecule is CCOC(=O)N[C@H](CNC(=O)NCc1ccc([C@@H](C)O)cc1)CC(C)C. The average Bonchev–Trinajstić information content (AvgIpc) is 2.58. The Bertz CT molecular complexity index is 558. The van der Waals surface area contributed by atoms with E-state index >= 15 is 0 Å². The second-order valence-corrected chi connectivity index (χ2v) is 6.67. The van der Waals surface area contributed by atoms with E-state index in [9.17, 15) is 14.7 Å². The molecule has 1 rings (SSSR count). The summed E-state index contributed by atoms with van der Waals surface area (Å²) in [7, 11) is 0. The van der Waals surface area contributed by atoms with Crippen LogP contribution in [-0.2, 0) is 11.3 Å². The highest BCUT2D eigenvalue weighted by Crippen LogP contribution is 2.12. The number of alkyl carbamates (subject to hydrolysis) is 1. The molecule has 0 fully saturated rings. The van der Waals surface area contributed by atoms with E-state index in [1.165, 1.54) is 0 Å². The molecule has 146 valence electrons. The van der Waals surface area contributed by atoms with Gasteiger partial charge < -0.3 is 25.8 Å².